The number of halogens is 3. The summed E-state index contributed by atoms with van der Waals surface area (Å²) in [5.74, 6) is -1.62. The predicted octanol–water partition coefficient (Wildman–Crippen LogP) is 4.52. The molecule has 1 aliphatic carbocycles. The smallest absolute Gasteiger partial charge is 0.279 e. The Kier molecular flexibility index (Phi) is 9.02. The van der Waals surface area contributed by atoms with Gasteiger partial charge in [0.1, 0.15) is 16.4 Å². The highest BCUT2D eigenvalue weighted by atomic mass is 35.5. The van der Waals surface area contributed by atoms with Crippen molar-refractivity contribution in [1.29, 1.82) is 0 Å². The van der Waals surface area contributed by atoms with Crippen molar-refractivity contribution in [3.05, 3.63) is 64.7 Å². The number of nitrogens with one attached hydrogen (secondary N) is 1. The molecule has 4 rings (SSSR count). The molecule has 0 aromatic heterocycles. The molecule has 0 radical (unpaired) electrons. The first kappa shape index (κ1) is 31.3. The van der Waals surface area contributed by atoms with E-state index in [2.05, 4.69) is 4.72 Å². The average molecular weight is 621 g/mol. The van der Waals surface area contributed by atoms with Crippen molar-refractivity contribution in [2.75, 3.05) is 13.1 Å². The molecule has 1 saturated carbocycles. The van der Waals surface area contributed by atoms with Crippen LogP contribution in [0.3, 0.4) is 0 Å². The molecule has 1 heterocycles. The molecule has 0 amide bonds. The Balaban J connectivity index is 1.53. The maximum Gasteiger partial charge on any atom is 0.279 e. The summed E-state index contributed by atoms with van der Waals surface area (Å²) < 4.78 is 91.4. The topological polar surface area (TPSA) is 113 Å². The van der Waals surface area contributed by atoms with E-state index < -0.39 is 60.3 Å². The van der Waals surface area contributed by atoms with Crippen LogP contribution in [0.2, 0.25) is 5.02 Å². The van der Waals surface area contributed by atoms with Crippen LogP contribution in [0, 0.1) is 17.0 Å². The largest absolute Gasteiger partial charge is 0.367 e. The van der Waals surface area contributed by atoms with E-state index in [1.54, 1.807) is 0 Å². The summed E-state index contributed by atoms with van der Waals surface area (Å²) in [5, 5.41) is 10.6. The maximum absolute atomic E-state index is 15.1. The van der Waals surface area contributed by atoms with Gasteiger partial charge in [-0.25, -0.2) is 17.2 Å². The zero-order valence-electron chi connectivity index (χ0n) is 22.6. The summed E-state index contributed by atoms with van der Waals surface area (Å²) in [6.07, 6.45) is -1.20. The van der Waals surface area contributed by atoms with Gasteiger partial charge < -0.3 is 9.84 Å². The number of hydrogen-bond acceptors (Lipinski definition) is 6. The SMILES string of the molecule is CC(C)(C)C(O)O[C@@H]1CCN(S(=O)(=O)NC2CCC(c3cc(F)ccc3F)(S(=O)(=O)c3ccc(Cl)cc3)CC2)C1. The molecule has 40 heavy (non-hydrogen) atoms. The molecule has 2 atom stereocenters. The Morgan fingerprint density at radius 2 is 1.68 bits per heavy atom. The molecule has 0 spiro atoms. The molecular weight excluding hydrogens is 586 g/mol. The number of ether oxygens (including phenoxy) is 1. The molecule has 2 fully saturated rings. The quantitative estimate of drug-likeness (QED) is 0.420. The lowest BCUT2D eigenvalue weighted by atomic mass is 9.80. The van der Waals surface area contributed by atoms with Crippen LogP contribution in [0.25, 0.3) is 0 Å². The Morgan fingerprint density at radius 1 is 1.05 bits per heavy atom. The van der Waals surface area contributed by atoms with Crippen LogP contribution >= 0.6 is 11.6 Å². The van der Waals surface area contributed by atoms with Gasteiger partial charge >= 0.3 is 0 Å². The van der Waals surface area contributed by atoms with Gasteiger partial charge in [0.25, 0.3) is 10.2 Å². The minimum absolute atomic E-state index is 0.0680. The standard InChI is InChI=1S/C27H35ClF2N2O6S2/c1-26(2,3)25(33)38-21-12-15-32(17-21)40(36,37)31-20-10-13-27(14-11-20,23-16-19(29)6-9-24(23)30)39(34,35)22-7-4-18(28)5-8-22/h4-9,16,20-21,25,31,33H,10-15,17H2,1-3H3/t20?,21-,25?,27?/m1/s1. The maximum atomic E-state index is 15.1. The third-order valence-electron chi connectivity index (χ3n) is 7.68. The fourth-order valence-electron chi connectivity index (χ4n) is 5.27. The lowest BCUT2D eigenvalue weighted by Gasteiger charge is -2.40. The van der Waals surface area contributed by atoms with Crippen molar-refractivity contribution in [3.63, 3.8) is 0 Å². The molecule has 1 saturated heterocycles. The van der Waals surface area contributed by atoms with Crippen LogP contribution in [-0.2, 0) is 29.5 Å². The van der Waals surface area contributed by atoms with Gasteiger partial charge in [0.2, 0.25) is 0 Å². The van der Waals surface area contributed by atoms with Gasteiger partial charge in [-0.1, -0.05) is 32.4 Å². The van der Waals surface area contributed by atoms with Crippen LogP contribution < -0.4 is 4.72 Å². The molecule has 13 heteroatoms. The summed E-state index contributed by atoms with van der Waals surface area (Å²) in [7, 11) is -8.19. The summed E-state index contributed by atoms with van der Waals surface area (Å²) in [6.45, 7) is 5.71. The summed E-state index contributed by atoms with van der Waals surface area (Å²) >= 11 is 5.94. The molecule has 2 N–H and O–H groups in total. The van der Waals surface area contributed by atoms with Crippen molar-refractivity contribution in [2.45, 2.75) is 81.0 Å². The number of sulfone groups is 1. The summed E-state index contributed by atoms with van der Waals surface area (Å²) in [6, 6.07) is 7.60. The third-order valence-corrected chi connectivity index (χ3v) is 12.1. The van der Waals surface area contributed by atoms with Gasteiger partial charge in [-0.3, -0.25) is 0 Å². The molecule has 2 aromatic rings. The minimum atomic E-state index is -4.24. The van der Waals surface area contributed by atoms with E-state index in [9.17, 15) is 26.3 Å². The Morgan fingerprint density at radius 3 is 2.27 bits per heavy atom. The Labute approximate surface area is 239 Å². The number of nitrogens with zero attached hydrogens (tertiary/aromatic N) is 1. The van der Waals surface area contributed by atoms with E-state index in [4.69, 9.17) is 16.3 Å². The van der Waals surface area contributed by atoms with Gasteiger partial charge in [-0.2, -0.15) is 17.4 Å². The van der Waals surface area contributed by atoms with E-state index in [-0.39, 0.29) is 49.2 Å². The second-order valence-electron chi connectivity index (χ2n) is 11.6. The van der Waals surface area contributed by atoms with E-state index in [0.717, 1.165) is 18.2 Å². The number of aliphatic hydroxyl groups is 1. The minimum Gasteiger partial charge on any atom is -0.367 e. The first-order valence-electron chi connectivity index (χ1n) is 13.1. The zero-order chi connectivity index (χ0) is 29.5. The van der Waals surface area contributed by atoms with Gasteiger partial charge in [-0.05, 0) is 74.6 Å². The van der Waals surface area contributed by atoms with Crippen LogP contribution in [0.5, 0.6) is 0 Å². The van der Waals surface area contributed by atoms with Crippen LogP contribution in [0.1, 0.15) is 58.4 Å². The van der Waals surface area contributed by atoms with Crippen LogP contribution in [0.15, 0.2) is 47.4 Å². The lowest BCUT2D eigenvalue weighted by Crippen LogP contribution is -2.49. The van der Waals surface area contributed by atoms with Gasteiger partial charge in [-0.15, -0.1) is 0 Å². The lowest BCUT2D eigenvalue weighted by molar-refractivity contribution is -0.183. The number of hydrogen-bond donors (Lipinski definition) is 2. The van der Waals surface area contributed by atoms with Crippen molar-refractivity contribution >= 4 is 31.6 Å². The van der Waals surface area contributed by atoms with Gasteiger partial charge in [0.15, 0.2) is 16.1 Å². The van der Waals surface area contributed by atoms with Gasteiger partial charge in [0, 0.05) is 35.1 Å². The monoisotopic (exact) mass is 620 g/mol. The van der Waals surface area contributed by atoms with E-state index in [1.165, 1.54) is 28.6 Å². The second kappa shape index (κ2) is 11.5. The van der Waals surface area contributed by atoms with Gasteiger partial charge in [0.05, 0.1) is 11.0 Å². The number of aliphatic hydroxyl groups excluding tert-OH is 1. The highest BCUT2D eigenvalue weighted by Gasteiger charge is 2.50. The summed E-state index contributed by atoms with van der Waals surface area (Å²) in [5.41, 5.74) is -0.798. The average Bonchev–Trinajstić information content (AvgIpc) is 3.35. The highest BCUT2D eigenvalue weighted by Crippen LogP contribution is 2.48. The van der Waals surface area contributed by atoms with Crippen molar-refractivity contribution in [1.82, 2.24) is 9.03 Å². The second-order valence-corrected chi connectivity index (χ2v) is 16.0. The fourth-order valence-corrected chi connectivity index (χ4v) is 9.07. The Hall–Kier alpha value is -1.67. The van der Waals surface area contributed by atoms with E-state index in [0.29, 0.717) is 11.4 Å². The fraction of sp³-hybridized carbons (Fsp3) is 0.556. The Bertz CT molecular complexity index is 1420. The van der Waals surface area contributed by atoms with Crippen molar-refractivity contribution < 1.29 is 35.5 Å². The van der Waals surface area contributed by atoms with E-state index in [1.807, 2.05) is 20.8 Å². The predicted molar refractivity (Wildman–Crippen MR) is 148 cm³/mol. The number of benzene rings is 2. The molecule has 222 valence electrons. The first-order valence-corrected chi connectivity index (χ1v) is 16.4. The summed E-state index contributed by atoms with van der Waals surface area (Å²) in [4.78, 5) is -0.0832. The zero-order valence-corrected chi connectivity index (χ0v) is 25.0. The number of rotatable bonds is 8. The van der Waals surface area contributed by atoms with Crippen LogP contribution in [0.4, 0.5) is 8.78 Å². The molecule has 1 unspecified atom stereocenters. The molecule has 1 aliphatic heterocycles. The van der Waals surface area contributed by atoms with Crippen molar-refractivity contribution in [2.24, 2.45) is 5.41 Å². The molecule has 2 aromatic carbocycles. The third kappa shape index (κ3) is 6.38. The molecule has 2 aliphatic rings. The highest BCUT2D eigenvalue weighted by molar-refractivity contribution is 7.92. The van der Waals surface area contributed by atoms with E-state index >= 15 is 4.39 Å². The normalized spacial score (nSPS) is 25.7. The molecule has 8 nitrogen and oxygen atoms in total. The van der Waals surface area contributed by atoms with Crippen molar-refractivity contribution in [3.8, 4) is 0 Å². The first-order chi connectivity index (χ1) is 18.5. The van der Waals surface area contributed by atoms with Crippen LogP contribution in [-0.4, -0.2) is 57.8 Å². The molecular formula is C27H35ClF2N2O6S2. The molecule has 0 bridgehead atoms.